The minimum atomic E-state index is -1.12. The van der Waals surface area contributed by atoms with Gasteiger partial charge in [0.05, 0.1) is 31.6 Å². The number of methoxy groups -OCH3 is 1. The smallest absolute Gasteiger partial charge is 0.337 e. The van der Waals surface area contributed by atoms with Gasteiger partial charge >= 0.3 is 5.97 Å². The molecule has 8 nitrogen and oxygen atoms in total. The van der Waals surface area contributed by atoms with E-state index in [0.29, 0.717) is 11.3 Å². The fraction of sp³-hybridized carbons (Fsp3) is 0.238. The molecule has 0 radical (unpaired) electrons. The number of morpholine rings is 1. The van der Waals surface area contributed by atoms with Gasteiger partial charge in [0.2, 0.25) is 5.91 Å². The molecule has 1 aliphatic heterocycles. The van der Waals surface area contributed by atoms with Gasteiger partial charge in [-0.2, -0.15) is 0 Å². The van der Waals surface area contributed by atoms with E-state index < -0.39 is 11.9 Å². The molecule has 29 heavy (non-hydrogen) atoms. The summed E-state index contributed by atoms with van der Waals surface area (Å²) < 4.78 is 9.99. The number of ether oxygens (including phenoxy) is 2. The number of amides is 1. The number of carboxylic acid groups (broad SMARTS) is 1. The Morgan fingerprint density at radius 3 is 2.48 bits per heavy atom. The molecule has 154 valence electrons. The molecule has 0 aliphatic carbocycles. The van der Waals surface area contributed by atoms with E-state index in [2.05, 4.69) is 10.6 Å². The van der Waals surface area contributed by atoms with E-state index in [4.69, 9.17) is 14.6 Å². The quantitative estimate of drug-likeness (QED) is 0.569. The Balaban J connectivity index is 0.000000426. The molecule has 8 heteroatoms. The summed E-state index contributed by atoms with van der Waals surface area (Å²) in [6.45, 7) is 3.83. The number of aromatic carboxylic acids is 1. The van der Waals surface area contributed by atoms with E-state index in [-0.39, 0.29) is 17.0 Å². The van der Waals surface area contributed by atoms with E-state index in [9.17, 15) is 14.7 Å². The monoisotopic (exact) mass is 400 g/mol. The lowest BCUT2D eigenvalue weighted by Crippen LogP contribution is -2.30. The molecule has 1 amide bonds. The second-order valence-electron chi connectivity index (χ2n) is 5.97. The minimum absolute atomic E-state index is 0.00415. The van der Waals surface area contributed by atoms with Gasteiger partial charge in [-0.15, -0.1) is 0 Å². The molecule has 1 saturated heterocycles. The fourth-order valence-corrected chi connectivity index (χ4v) is 2.44. The van der Waals surface area contributed by atoms with Crippen LogP contribution in [0.4, 0.5) is 5.69 Å². The second-order valence-corrected chi connectivity index (χ2v) is 5.97. The highest BCUT2D eigenvalue weighted by molar-refractivity contribution is 6.06. The number of hydrogen-bond donors (Lipinski definition) is 4. The first-order valence-electron chi connectivity index (χ1n) is 8.98. The van der Waals surface area contributed by atoms with Crippen LogP contribution in [-0.4, -0.2) is 55.5 Å². The van der Waals surface area contributed by atoms with Gasteiger partial charge in [0.15, 0.2) is 11.5 Å². The SMILES string of the molecule is C1COCCN1.COc1cc(/C=C/C(=O)Nc2ccccc2C(=O)O)ccc1O. The van der Waals surface area contributed by atoms with Gasteiger partial charge in [-0.05, 0) is 35.9 Å². The van der Waals surface area contributed by atoms with Crippen LogP contribution in [0.2, 0.25) is 0 Å². The number of para-hydroxylation sites is 1. The van der Waals surface area contributed by atoms with Crippen LogP contribution in [0, 0.1) is 0 Å². The topological polar surface area (TPSA) is 117 Å². The predicted molar refractivity (Wildman–Crippen MR) is 109 cm³/mol. The summed E-state index contributed by atoms with van der Waals surface area (Å²) >= 11 is 0. The van der Waals surface area contributed by atoms with Crippen LogP contribution in [-0.2, 0) is 9.53 Å². The Labute approximate surface area is 168 Å². The Morgan fingerprint density at radius 2 is 1.90 bits per heavy atom. The van der Waals surface area contributed by atoms with Gasteiger partial charge in [-0.3, -0.25) is 4.79 Å². The van der Waals surface area contributed by atoms with Gasteiger partial charge in [0.25, 0.3) is 0 Å². The molecule has 0 saturated carbocycles. The van der Waals surface area contributed by atoms with Gasteiger partial charge in [0, 0.05) is 19.2 Å². The zero-order valence-corrected chi connectivity index (χ0v) is 16.1. The lowest BCUT2D eigenvalue weighted by molar-refractivity contribution is -0.111. The summed E-state index contributed by atoms with van der Waals surface area (Å²) in [6.07, 6.45) is 2.80. The first kappa shape index (κ1) is 21.9. The van der Waals surface area contributed by atoms with Crippen molar-refractivity contribution in [3.05, 3.63) is 59.7 Å². The Hall–Kier alpha value is -3.36. The highest BCUT2D eigenvalue weighted by Gasteiger charge is 2.10. The van der Waals surface area contributed by atoms with Crippen LogP contribution in [0.1, 0.15) is 15.9 Å². The zero-order valence-electron chi connectivity index (χ0n) is 16.1. The number of phenols is 1. The maximum Gasteiger partial charge on any atom is 0.337 e. The number of hydrogen-bond acceptors (Lipinski definition) is 6. The number of carbonyl (C=O) groups excluding carboxylic acids is 1. The van der Waals surface area contributed by atoms with Crippen LogP contribution in [0.3, 0.4) is 0 Å². The van der Waals surface area contributed by atoms with Gasteiger partial charge < -0.3 is 30.3 Å². The Kier molecular flexibility index (Phi) is 8.68. The van der Waals surface area contributed by atoms with E-state index in [1.54, 1.807) is 24.3 Å². The standard InChI is InChI=1S/C17H15NO5.C4H9NO/c1-23-15-10-11(6-8-14(15)19)7-9-16(20)18-13-5-3-2-4-12(13)17(21)22;1-3-6-4-2-5-1/h2-10,19H,1H3,(H,18,20)(H,21,22);5H,1-4H2/b9-7+;. The molecule has 0 atom stereocenters. The van der Waals surface area contributed by atoms with E-state index >= 15 is 0 Å². The van der Waals surface area contributed by atoms with Crippen molar-refractivity contribution >= 4 is 23.6 Å². The van der Waals surface area contributed by atoms with Crippen molar-refractivity contribution in [2.45, 2.75) is 0 Å². The van der Waals surface area contributed by atoms with Crippen molar-refractivity contribution in [1.82, 2.24) is 5.32 Å². The summed E-state index contributed by atoms with van der Waals surface area (Å²) in [5.41, 5.74) is 0.889. The summed E-state index contributed by atoms with van der Waals surface area (Å²) in [4.78, 5) is 23.0. The third-order valence-corrected chi connectivity index (χ3v) is 3.89. The summed E-state index contributed by atoms with van der Waals surface area (Å²) in [7, 11) is 1.43. The van der Waals surface area contributed by atoms with Gasteiger partial charge in [0.1, 0.15) is 0 Å². The summed E-state index contributed by atoms with van der Waals surface area (Å²) in [6, 6.07) is 10.8. The van der Waals surface area contributed by atoms with Crippen LogP contribution in [0.5, 0.6) is 11.5 Å². The maximum atomic E-state index is 11.9. The highest BCUT2D eigenvalue weighted by Crippen LogP contribution is 2.26. The van der Waals surface area contributed by atoms with Crippen LogP contribution >= 0.6 is 0 Å². The van der Waals surface area contributed by atoms with Crippen molar-refractivity contribution in [3.8, 4) is 11.5 Å². The van der Waals surface area contributed by atoms with E-state index in [1.165, 1.54) is 37.5 Å². The molecule has 0 spiro atoms. The highest BCUT2D eigenvalue weighted by atomic mass is 16.5. The number of carboxylic acids is 1. The van der Waals surface area contributed by atoms with Crippen LogP contribution in [0.15, 0.2) is 48.5 Å². The van der Waals surface area contributed by atoms with Crippen LogP contribution < -0.4 is 15.4 Å². The van der Waals surface area contributed by atoms with Crippen molar-refractivity contribution < 1.29 is 29.3 Å². The molecule has 1 aliphatic rings. The molecule has 0 unspecified atom stereocenters. The lowest BCUT2D eigenvalue weighted by Gasteiger charge is -2.10. The maximum absolute atomic E-state index is 11.9. The lowest BCUT2D eigenvalue weighted by atomic mass is 10.1. The third kappa shape index (κ3) is 7.28. The fourth-order valence-electron chi connectivity index (χ4n) is 2.44. The molecule has 0 bridgehead atoms. The first-order valence-corrected chi connectivity index (χ1v) is 8.98. The Morgan fingerprint density at radius 1 is 1.17 bits per heavy atom. The summed E-state index contributed by atoms with van der Waals surface area (Å²) in [5.74, 6) is -1.29. The number of phenolic OH excluding ortho intramolecular Hbond substituents is 1. The van der Waals surface area contributed by atoms with Crippen molar-refractivity contribution in [2.75, 3.05) is 38.7 Å². The zero-order chi connectivity index (χ0) is 21.1. The molecule has 0 aromatic heterocycles. The van der Waals surface area contributed by atoms with Crippen molar-refractivity contribution in [2.24, 2.45) is 0 Å². The first-order chi connectivity index (χ1) is 14.0. The number of aromatic hydroxyl groups is 1. The summed E-state index contributed by atoms with van der Waals surface area (Å²) in [5, 5.41) is 24.2. The average Bonchev–Trinajstić information content (AvgIpc) is 2.75. The van der Waals surface area contributed by atoms with Crippen molar-refractivity contribution in [1.29, 1.82) is 0 Å². The average molecular weight is 400 g/mol. The van der Waals surface area contributed by atoms with Crippen LogP contribution in [0.25, 0.3) is 6.08 Å². The predicted octanol–water partition coefficient (Wildman–Crippen LogP) is 2.36. The molecular formula is C21H24N2O6. The Bertz CT molecular complexity index is 850. The molecule has 1 fully saturated rings. The minimum Gasteiger partial charge on any atom is -0.504 e. The van der Waals surface area contributed by atoms with Crippen molar-refractivity contribution in [3.63, 3.8) is 0 Å². The second kappa shape index (κ2) is 11.5. The molecule has 4 N–H and O–H groups in total. The third-order valence-electron chi connectivity index (χ3n) is 3.89. The number of anilines is 1. The van der Waals surface area contributed by atoms with E-state index in [1.807, 2.05) is 0 Å². The number of carbonyl (C=O) groups is 2. The molecule has 2 aromatic rings. The van der Waals surface area contributed by atoms with E-state index in [0.717, 1.165) is 26.3 Å². The van der Waals surface area contributed by atoms with Gasteiger partial charge in [-0.1, -0.05) is 18.2 Å². The largest absolute Gasteiger partial charge is 0.504 e. The number of rotatable bonds is 5. The number of benzene rings is 2. The molecular weight excluding hydrogens is 376 g/mol. The molecule has 2 aromatic carbocycles. The van der Waals surface area contributed by atoms with Gasteiger partial charge in [-0.25, -0.2) is 4.79 Å². The normalized spacial score (nSPS) is 13.3. The molecule has 3 rings (SSSR count). The number of nitrogens with one attached hydrogen (secondary N) is 2. The molecule has 1 heterocycles.